The minimum absolute atomic E-state index is 0.0276. The molecule has 0 aromatic heterocycles. The fraction of sp³-hybridized carbons (Fsp3) is 0.385. The molecule has 1 aromatic carbocycles. The van der Waals surface area contributed by atoms with Crippen molar-refractivity contribution in [3.8, 4) is 0 Å². The summed E-state index contributed by atoms with van der Waals surface area (Å²) >= 11 is 0. The summed E-state index contributed by atoms with van der Waals surface area (Å²) in [6, 6.07) is 4.49. The summed E-state index contributed by atoms with van der Waals surface area (Å²) in [5.41, 5.74) is 6.28. The Morgan fingerprint density at radius 1 is 1.50 bits per heavy atom. The standard InChI is InChI=1S/C13H15FN2O5S/c1-21-13(18)9-3-2-4-10(15)12(9)16-6-8(5-11(16)17)7-22(14,19)20/h2-4,8H,5-7,15H2,1H3. The van der Waals surface area contributed by atoms with Gasteiger partial charge >= 0.3 is 16.2 Å². The van der Waals surface area contributed by atoms with Crippen molar-refractivity contribution < 1.29 is 26.6 Å². The first-order chi connectivity index (χ1) is 10.2. The van der Waals surface area contributed by atoms with Gasteiger partial charge in [0.05, 0.1) is 29.8 Å². The van der Waals surface area contributed by atoms with Crippen LogP contribution in [0.3, 0.4) is 0 Å². The Hall–Kier alpha value is -2.16. The molecule has 2 rings (SSSR count). The van der Waals surface area contributed by atoms with E-state index in [9.17, 15) is 21.9 Å². The molecule has 7 nitrogen and oxygen atoms in total. The van der Waals surface area contributed by atoms with Gasteiger partial charge in [0.2, 0.25) is 5.91 Å². The SMILES string of the molecule is COC(=O)c1cccc(N)c1N1CC(CS(=O)(=O)F)CC1=O. The van der Waals surface area contributed by atoms with Crippen LogP contribution in [0, 0.1) is 5.92 Å². The number of benzene rings is 1. The molecule has 1 aliphatic rings. The topological polar surface area (TPSA) is 107 Å². The summed E-state index contributed by atoms with van der Waals surface area (Å²) in [5.74, 6) is -2.52. The third kappa shape index (κ3) is 3.35. The van der Waals surface area contributed by atoms with E-state index in [4.69, 9.17) is 5.73 Å². The maximum atomic E-state index is 12.8. The number of carbonyl (C=O) groups excluding carboxylic acids is 2. The quantitative estimate of drug-likeness (QED) is 0.495. The maximum Gasteiger partial charge on any atom is 0.340 e. The molecule has 9 heteroatoms. The zero-order valence-electron chi connectivity index (χ0n) is 11.8. The molecule has 1 atom stereocenters. The number of amides is 1. The van der Waals surface area contributed by atoms with Crippen LogP contribution < -0.4 is 10.6 Å². The average Bonchev–Trinajstić information content (AvgIpc) is 2.75. The van der Waals surface area contributed by atoms with Crippen molar-refractivity contribution in [1.29, 1.82) is 0 Å². The number of anilines is 2. The monoisotopic (exact) mass is 330 g/mol. The first kappa shape index (κ1) is 16.2. The summed E-state index contributed by atoms with van der Waals surface area (Å²) in [5, 5.41) is 0. The Kier molecular flexibility index (Phi) is 4.36. The van der Waals surface area contributed by atoms with Crippen LogP contribution in [-0.2, 0) is 19.8 Å². The number of ether oxygens (including phenoxy) is 1. The first-order valence-electron chi connectivity index (χ1n) is 6.42. The number of halogens is 1. The maximum absolute atomic E-state index is 12.8. The third-order valence-corrected chi connectivity index (χ3v) is 4.25. The lowest BCUT2D eigenvalue weighted by Gasteiger charge is -2.21. The van der Waals surface area contributed by atoms with Gasteiger partial charge in [-0.15, -0.1) is 3.89 Å². The van der Waals surface area contributed by atoms with Gasteiger partial charge < -0.3 is 15.4 Å². The van der Waals surface area contributed by atoms with Gasteiger partial charge in [0.1, 0.15) is 0 Å². The van der Waals surface area contributed by atoms with Crippen LogP contribution >= 0.6 is 0 Å². The fourth-order valence-electron chi connectivity index (χ4n) is 2.53. The number of methoxy groups -OCH3 is 1. The lowest BCUT2D eigenvalue weighted by molar-refractivity contribution is -0.117. The molecule has 0 saturated carbocycles. The number of nitrogens with zero attached hydrogens (tertiary/aromatic N) is 1. The Morgan fingerprint density at radius 2 is 2.18 bits per heavy atom. The molecule has 120 valence electrons. The van der Waals surface area contributed by atoms with E-state index in [2.05, 4.69) is 4.74 Å². The van der Waals surface area contributed by atoms with Crippen LogP contribution in [0.2, 0.25) is 0 Å². The van der Waals surface area contributed by atoms with Gasteiger partial charge in [0.25, 0.3) is 0 Å². The highest BCUT2D eigenvalue weighted by molar-refractivity contribution is 7.86. The Balaban J connectivity index is 2.36. The summed E-state index contributed by atoms with van der Waals surface area (Å²) in [6.07, 6.45) is -0.127. The second-order valence-electron chi connectivity index (χ2n) is 5.01. The van der Waals surface area contributed by atoms with Crippen LogP contribution in [0.1, 0.15) is 16.8 Å². The number of nitrogen functional groups attached to an aromatic ring is 1. The summed E-state index contributed by atoms with van der Waals surface area (Å²) in [7, 11) is -3.49. The van der Waals surface area contributed by atoms with E-state index in [0.29, 0.717) is 0 Å². The molecule has 1 aliphatic heterocycles. The van der Waals surface area contributed by atoms with Gasteiger partial charge in [-0.05, 0) is 12.1 Å². The van der Waals surface area contributed by atoms with Gasteiger partial charge in [-0.2, -0.15) is 8.42 Å². The van der Waals surface area contributed by atoms with Crippen molar-refractivity contribution in [1.82, 2.24) is 0 Å². The number of rotatable bonds is 4. The highest BCUT2D eigenvalue weighted by Crippen LogP contribution is 2.34. The Labute approximate surface area is 127 Å². The molecule has 1 heterocycles. The Morgan fingerprint density at radius 3 is 2.77 bits per heavy atom. The fourth-order valence-corrected chi connectivity index (χ4v) is 3.31. The molecular weight excluding hydrogens is 315 g/mol. The number of carbonyl (C=O) groups is 2. The van der Waals surface area contributed by atoms with E-state index in [1.165, 1.54) is 30.2 Å². The molecule has 1 amide bonds. The molecular formula is C13H15FN2O5S. The lowest BCUT2D eigenvalue weighted by Crippen LogP contribution is -2.28. The van der Waals surface area contributed by atoms with Gasteiger partial charge in [0, 0.05) is 18.9 Å². The highest BCUT2D eigenvalue weighted by Gasteiger charge is 2.36. The minimum Gasteiger partial charge on any atom is -0.465 e. The molecule has 1 unspecified atom stereocenters. The van der Waals surface area contributed by atoms with Gasteiger partial charge in [0.15, 0.2) is 0 Å². The van der Waals surface area contributed by atoms with Crippen molar-refractivity contribution in [3.63, 3.8) is 0 Å². The molecule has 2 N–H and O–H groups in total. The normalized spacial score (nSPS) is 18.5. The van der Waals surface area contributed by atoms with Crippen molar-refractivity contribution in [3.05, 3.63) is 23.8 Å². The van der Waals surface area contributed by atoms with E-state index in [1.54, 1.807) is 0 Å². The van der Waals surface area contributed by atoms with Crippen LogP contribution in [0.5, 0.6) is 0 Å². The van der Waals surface area contributed by atoms with Crippen molar-refractivity contribution in [2.75, 3.05) is 30.0 Å². The minimum atomic E-state index is -4.68. The smallest absolute Gasteiger partial charge is 0.340 e. The van der Waals surface area contributed by atoms with E-state index in [-0.39, 0.29) is 29.9 Å². The molecule has 1 saturated heterocycles. The van der Waals surface area contributed by atoms with Crippen molar-refractivity contribution >= 4 is 33.5 Å². The number of hydrogen-bond acceptors (Lipinski definition) is 6. The van der Waals surface area contributed by atoms with Crippen LogP contribution in [-0.4, -0.2) is 39.7 Å². The zero-order chi connectivity index (χ0) is 16.5. The van der Waals surface area contributed by atoms with E-state index in [1.807, 2.05) is 0 Å². The second-order valence-corrected chi connectivity index (χ2v) is 6.43. The molecule has 1 aromatic rings. The van der Waals surface area contributed by atoms with E-state index < -0.39 is 33.8 Å². The summed E-state index contributed by atoms with van der Waals surface area (Å²) in [4.78, 5) is 25.1. The highest BCUT2D eigenvalue weighted by atomic mass is 32.3. The first-order valence-corrected chi connectivity index (χ1v) is 7.97. The van der Waals surface area contributed by atoms with Crippen LogP contribution in [0.4, 0.5) is 15.3 Å². The molecule has 0 aliphatic carbocycles. The predicted octanol–water partition coefficient (Wildman–Crippen LogP) is 0.708. The van der Waals surface area contributed by atoms with Crippen LogP contribution in [0.25, 0.3) is 0 Å². The summed E-state index contributed by atoms with van der Waals surface area (Å²) in [6.45, 7) is -0.0276. The number of esters is 1. The molecule has 22 heavy (non-hydrogen) atoms. The van der Waals surface area contributed by atoms with Crippen molar-refractivity contribution in [2.24, 2.45) is 5.92 Å². The van der Waals surface area contributed by atoms with Gasteiger partial charge in [-0.1, -0.05) is 6.07 Å². The number of para-hydroxylation sites is 1. The molecule has 0 spiro atoms. The molecule has 0 radical (unpaired) electrons. The average molecular weight is 330 g/mol. The molecule has 1 fully saturated rings. The Bertz CT molecular complexity index is 719. The van der Waals surface area contributed by atoms with E-state index >= 15 is 0 Å². The lowest BCUT2D eigenvalue weighted by atomic mass is 10.1. The van der Waals surface area contributed by atoms with Gasteiger partial charge in [-0.3, -0.25) is 4.79 Å². The number of hydrogen-bond donors (Lipinski definition) is 1. The van der Waals surface area contributed by atoms with Gasteiger partial charge in [-0.25, -0.2) is 4.79 Å². The third-order valence-electron chi connectivity index (χ3n) is 3.38. The molecule has 0 bridgehead atoms. The number of nitrogens with two attached hydrogens (primary N) is 1. The van der Waals surface area contributed by atoms with Crippen molar-refractivity contribution in [2.45, 2.75) is 6.42 Å². The predicted molar refractivity (Wildman–Crippen MR) is 77.5 cm³/mol. The van der Waals surface area contributed by atoms with Crippen LogP contribution in [0.15, 0.2) is 18.2 Å². The second kappa shape index (κ2) is 5.91. The zero-order valence-corrected chi connectivity index (χ0v) is 12.6. The largest absolute Gasteiger partial charge is 0.465 e. The van der Waals surface area contributed by atoms with E-state index in [0.717, 1.165) is 0 Å². The summed E-state index contributed by atoms with van der Waals surface area (Å²) < 4.78 is 38.9.